The number of amides is 1. The number of rotatable bonds is 6. The van der Waals surface area contributed by atoms with E-state index in [1.165, 1.54) is 11.3 Å². The SMILES string of the molecule is CCC(O)CCNC(=O)c1sc(N2CCNCC2)nc1N. The van der Waals surface area contributed by atoms with Crippen molar-refractivity contribution in [3.05, 3.63) is 4.88 Å². The molecule has 118 valence electrons. The lowest BCUT2D eigenvalue weighted by molar-refractivity contribution is 0.0946. The number of anilines is 2. The summed E-state index contributed by atoms with van der Waals surface area (Å²) in [5.41, 5.74) is 5.85. The lowest BCUT2D eigenvalue weighted by Gasteiger charge is -2.26. The van der Waals surface area contributed by atoms with Gasteiger partial charge in [-0.05, 0) is 12.8 Å². The monoisotopic (exact) mass is 313 g/mol. The van der Waals surface area contributed by atoms with Crippen LogP contribution in [0.1, 0.15) is 29.4 Å². The molecule has 1 aliphatic heterocycles. The molecular weight excluding hydrogens is 290 g/mol. The van der Waals surface area contributed by atoms with Crippen molar-refractivity contribution in [1.29, 1.82) is 0 Å². The van der Waals surface area contributed by atoms with Gasteiger partial charge in [-0.3, -0.25) is 4.79 Å². The number of nitrogen functional groups attached to an aromatic ring is 1. The van der Waals surface area contributed by atoms with Crippen molar-refractivity contribution in [3.63, 3.8) is 0 Å². The molecule has 0 bridgehead atoms. The second kappa shape index (κ2) is 7.58. The molecule has 1 saturated heterocycles. The van der Waals surface area contributed by atoms with Crippen LogP contribution in [0.5, 0.6) is 0 Å². The average Bonchev–Trinajstić information content (AvgIpc) is 2.90. The van der Waals surface area contributed by atoms with Gasteiger partial charge in [-0.1, -0.05) is 18.3 Å². The number of nitrogens with one attached hydrogen (secondary N) is 2. The Morgan fingerprint density at radius 2 is 2.29 bits per heavy atom. The zero-order chi connectivity index (χ0) is 15.2. The van der Waals surface area contributed by atoms with Gasteiger partial charge >= 0.3 is 0 Å². The van der Waals surface area contributed by atoms with E-state index in [-0.39, 0.29) is 17.8 Å². The Balaban J connectivity index is 1.93. The highest BCUT2D eigenvalue weighted by Gasteiger charge is 2.20. The molecule has 0 aliphatic carbocycles. The summed E-state index contributed by atoms with van der Waals surface area (Å²) < 4.78 is 0. The van der Waals surface area contributed by atoms with Gasteiger partial charge in [-0.2, -0.15) is 0 Å². The van der Waals surface area contributed by atoms with Gasteiger partial charge < -0.3 is 26.4 Å². The Morgan fingerprint density at radius 1 is 1.57 bits per heavy atom. The van der Waals surface area contributed by atoms with Crippen LogP contribution in [0, 0.1) is 0 Å². The average molecular weight is 313 g/mol. The van der Waals surface area contributed by atoms with Crippen LogP contribution in [-0.4, -0.2) is 54.8 Å². The van der Waals surface area contributed by atoms with Gasteiger partial charge in [0.25, 0.3) is 5.91 Å². The van der Waals surface area contributed by atoms with Crippen LogP contribution in [0.2, 0.25) is 0 Å². The second-order valence-corrected chi connectivity index (χ2v) is 6.03. The van der Waals surface area contributed by atoms with Gasteiger partial charge in [0.05, 0.1) is 6.10 Å². The van der Waals surface area contributed by atoms with E-state index in [9.17, 15) is 9.90 Å². The lowest BCUT2D eigenvalue weighted by atomic mass is 10.2. The van der Waals surface area contributed by atoms with E-state index >= 15 is 0 Å². The van der Waals surface area contributed by atoms with Gasteiger partial charge in [0.2, 0.25) is 0 Å². The number of aliphatic hydroxyl groups is 1. The van der Waals surface area contributed by atoms with Gasteiger partial charge in [0.15, 0.2) is 5.13 Å². The molecule has 0 spiro atoms. The summed E-state index contributed by atoms with van der Waals surface area (Å²) in [5, 5.41) is 16.3. The van der Waals surface area contributed by atoms with Crippen molar-refractivity contribution < 1.29 is 9.90 Å². The zero-order valence-corrected chi connectivity index (χ0v) is 13.1. The standard InChI is InChI=1S/C13H23N5O2S/c1-2-9(19)3-4-16-12(20)10-11(14)17-13(21-10)18-7-5-15-6-8-18/h9,15,19H,2-8,14H2,1H3,(H,16,20). The van der Waals surface area contributed by atoms with Crippen molar-refractivity contribution in [2.24, 2.45) is 0 Å². The molecule has 0 saturated carbocycles. The first-order chi connectivity index (χ1) is 10.1. The van der Waals surface area contributed by atoms with E-state index in [4.69, 9.17) is 5.73 Å². The number of aromatic nitrogens is 1. The lowest BCUT2D eigenvalue weighted by Crippen LogP contribution is -2.43. The molecule has 0 aromatic carbocycles. The summed E-state index contributed by atoms with van der Waals surface area (Å²) in [7, 11) is 0. The van der Waals surface area contributed by atoms with Crippen molar-refractivity contribution in [2.45, 2.75) is 25.9 Å². The van der Waals surface area contributed by atoms with E-state index < -0.39 is 0 Å². The van der Waals surface area contributed by atoms with Crippen LogP contribution >= 0.6 is 11.3 Å². The predicted molar refractivity (Wildman–Crippen MR) is 84.9 cm³/mol. The highest BCUT2D eigenvalue weighted by atomic mass is 32.1. The van der Waals surface area contributed by atoms with E-state index in [1.54, 1.807) is 0 Å². The van der Waals surface area contributed by atoms with Crippen LogP contribution in [-0.2, 0) is 0 Å². The third-order valence-electron chi connectivity index (χ3n) is 3.47. The number of thiazole rings is 1. The molecule has 0 radical (unpaired) electrons. The van der Waals surface area contributed by atoms with Crippen LogP contribution in [0.15, 0.2) is 0 Å². The first kappa shape index (κ1) is 16.0. The molecule has 8 heteroatoms. The van der Waals surface area contributed by atoms with Crippen LogP contribution in [0.25, 0.3) is 0 Å². The van der Waals surface area contributed by atoms with Crippen molar-refractivity contribution in [3.8, 4) is 0 Å². The molecule has 1 aliphatic rings. The first-order valence-electron chi connectivity index (χ1n) is 7.30. The van der Waals surface area contributed by atoms with Crippen LogP contribution < -0.4 is 21.3 Å². The van der Waals surface area contributed by atoms with Crippen molar-refractivity contribution >= 4 is 28.2 Å². The molecule has 5 N–H and O–H groups in total. The van der Waals surface area contributed by atoms with Crippen molar-refractivity contribution in [1.82, 2.24) is 15.6 Å². The minimum Gasteiger partial charge on any atom is -0.393 e. The largest absolute Gasteiger partial charge is 0.393 e. The summed E-state index contributed by atoms with van der Waals surface area (Å²) in [5.74, 6) is 0.0664. The number of nitrogens with two attached hydrogens (primary N) is 1. The van der Waals surface area contributed by atoms with E-state index in [0.717, 1.165) is 31.3 Å². The Labute approximate surface area is 128 Å². The summed E-state index contributed by atoms with van der Waals surface area (Å²) in [6.45, 7) is 5.92. The molecule has 21 heavy (non-hydrogen) atoms. The third-order valence-corrected chi connectivity index (χ3v) is 4.60. The highest BCUT2D eigenvalue weighted by molar-refractivity contribution is 7.18. The Bertz CT molecular complexity index is 473. The molecule has 2 heterocycles. The zero-order valence-electron chi connectivity index (χ0n) is 12.3. The molecule has 7 nitrogen and oxygen atoms in total. The number of hydrogen-bond acceptors (Lipinski definition) is 7. The van der Waals surface area contributed by atoms with Gasteiger partial charge in [-0.15, -0.1) is 0 Å². The minimum absolute atomic E-state index is 0.213. The summed E-state index contributed by atoms with van der Waals surface area (Å²) >= 11 is 1.33. The molecule has 1 aromatic heterocycles. The van der Waals surface area contributed by atoms with Gasteiger partial charge in [0, 0.05) is 32.7 Å². The smallest absolute Gasteiger partial charge is 0.265 e. The van der Waals surface area contributed by atoms with Gasteiger partial charge in [-0.25, -0.2) is 4.98 Å². The van der Waals surface area contributed by atoms with E-state index in [2.05, 4.69) is 20.5 Å². The number of hydrogen-bond donors (Lipinski definition) is 4. The quantitative estimate of drug-likeness (QED) is 0.591. The fourth-order valence-corrected chi connectivity index (χ4v) is 3.06. The van der Waals surface area contributed by atoms with Crippen LogP contribution in [0.3, 0.4) is 0 Å². The summed E-state index contributed by atoms with van der Waals surface area (Å²) in [6.07, 6.45) is 0.859. The number of nitrogens with zero attached hydrogens (tertiary/aromatic N) is 2. The highest BCUT2D eigenvalue weighted by Crippen LogP contribution is 2.28. The molecule has 1 amide bonds. The number of piperazine rings is 1. The van der Waals surface area contributed by atoms with Crippen LogP contribution in [0.4, 0.5) is 10.9 Å². The molecular formula is C13H23N5O2S. The third kappa shape index (κ3) is 4.29. The Morgan fingerprint density at radius 3 is 2.95 bits per heavy atom. The maximum absolute atomic E-state index is 12.1. The fraction of sp³-hybridized carbons (Fsp3) is 0.692. The molecule has 1 fully saturated rings. The molecule has 1 unspecified atom stereocenters. The first-order valence-corrected chi connectivity index (χ1v) is 8.11. The van der Waals surface area contributed by atoms with E-state index in [0.29, 0.717) is 24.3 Å². The normalized spacial score (nSPS) is 16.8. The molecule has 1 aromatic rings. The number of carbonyl (C=O) groups excluding carboxylic acids is 1. The predicted octanol–water partition coefficient (Wildman–Crippen LogP) is 0.0257. The summed E-state index contributed by atoms with van der Waals surface area (Å²) in [6, 6.07) is 0. The number of aliphatic hydroxyl groups excluding tert-OH is 1. The Hall–Kier alpha value is -1.38. The topological polar surface area (TPSA) is 104 Å². The van der Waals surface area contributed by atoms with Crippen molar-refractivity contribution in [2.75, 3.05) is 43.4 Å². The Kier molecular flexibility index (Phi) is 5.77. The molecule has 1 atom stereocenters. The van der Waals surface area contributed by atoms with E-state index in [1.807, 2.05) is 6.92 Å². The maximum Gasteiger partial charge on any atom is 0.265 e. The summed E-state index contributed by atoms with van der Waals surface area (Å²) in [4.78, 5) is 19.0. The second-order valence-electron chi connectivity index (χ2n) is 5.05. The molecule has 2 rings (SSSR count). The maximum atomic E-state index is 12.1. The number of carbonyl (C=O) groups is 1. The minimum atomic E-state index is -0.375. The fourth-order valence-electron chi connectivity index (χ4n) is 2.11. The van der Waals surface area contributed by atoms with Gasteiger partial charge in [0.1, 0.15) is 10.7 Å².